The average Bonchev–Trinajstić information content (AvgIpc) is 3.73. The van der Waals surface area contributed by atoms with Gasteiger partial charge in [0.15, 0.2) is 0 Å². The minimum atomic E-state index is 0. The predicted octanol–water partition coefficient (Wildman–Crippen LogP) is 10.3. The second kappa shape index (κ2) is 12.1. The third-order valence-electron chi connectivity index (χ3n) is 9.05. The number of rotatable bonds is 5. The van der Waals surface area contributed by atoms with Gasteiger partial charge in [-0.25, -0.2) is 9.97 Å². The Labute approximate surface area is 300 Å². The molecule has 0 atom stereocenters. The molecule has 0 bridgehead atoms. The predicted molar refractivity (Wildman–Crippen MR) is 195 cm³/mol. The van der Waals surface area contributed by atoms with Gasteiger partial charge in [-0.1, -0.05) is 107 Å². The first-order chi connectivity index (χ1) is 24.3. The van der Waals surface area contributed by atoms with Gasteiger partial charge in [0.05, 0.1) is 22.6 Å². The van der Waals surface area contributed by atoms with E-state index in [1.165, 1.54) is 0 Å². The van der Waals surface area contributed by atoms with Crippen LogP contribution in [-0.2, 0) is 20.4 Å². The molecule has 7 heteroatoms. The van der Waals surface area contributed by atoms with E-state index in [0.717, 1.165) is 77.6 Å². The molecule has 238 valence electrons. The van der Waals surface area contributed by atoms with Crippen LogP contribution in [0.4, 0.5) is 0 Å². The fourth-order valence-electron chi connectivity index (χ4n) is 6.96. The zero-order valence-electron chi connectivity index (χ0n) is 26.4. The summed E-state index contributed by atoms with van der Waals surface area (Å²) in [4.78, 5) is 14.9. The molecule has 0 aliphatic carbocycles. The van der Waals surface area contributed by atoms with Crippen LogP contribution in [-0.4, -0.2) is 23.9 Å². The van der Waals surface area contributed by atoms with Crippen LogP contribution in [0.15, 0.2) is 152 Å². The Morgan fingerprint density at radius 2 is 1.16 bits per heavy atom. The number of ether oxygens (including phenoxy) is 1. The minimum absolute atomic E-state index is 0. The first-order valence-electron chi connectivity index (χ1n) is 16.1. The molecule has 0 aliphatic rings. The van der Waals surface area contributed by atoms with Crippen LogP contribution in [0.25, 0.3) is 77.6 Å². The summed E-state index contributed by atoms with van der Waals surface area (Å²) in [6.45, 7) is 0. The molecule has 0 aliphatic heterocycles. The Morgan fingerprint density at radius 3 is 1.96 bits per heavy atom. The summed E-state index contributed by atoms with van der Waals surface area (Å²) in [6, 6.07) is 54.2. The topological polar surface area (TPSA) is 57.2 Å². The molecule has 10 rings (SSSR count). The van der Waals surface area contributed by atoms with Crippen molar-refractivity contribution in [2.45, 2.75) is 0 Å². The largest absolute Gasteiger partial charge is 2.00 e. The van der Waals surface area contributed by atoms with E-state index in [2.05, 4.69) is 93.9 Å². The first-order valence-corrected chi connectivity index (χ1v) is 16.1. The van der Waals surface area contributed by atoms with Crippen LogP contribution in [0.5, 0.6) is 11.5 Å². The van der Waals surface area contributed by atoms with Crippen molar-refractivity contribution in [1.29, 1.82) is 0 Å². The molecule has 5 aromatic carbocycles. The number of hydrogen-bond acceptors (Lipinski definition) is 4. The van der Waals surface area contributed by atoms with Gasteiger partial charge >= 0.3 is 20.4 Å². The summed E-state index contributed by atoms with van der Waals surface area (Å²) in [5.74, 6) is 1.14. The van der Waals surface area contributed by atoms with Crippen molar-refractivity contribution in [2.75, 3.05) is 0 Å². The van der Waals surface area contributed by atoms with E-state index < -0.39 is 0 Å². The molecule has 0 fully saturated rings. The van der Waals surface area contributed by atoms with E-state index >= 15 is 0 Å². The first kappa shape index (κ1) is 30.0. The Bertz CT molecular complexity index is 2810. The maximum Gasteiger partial charge on any atom is 2.00 e. The SMILES string of the molecule is [Pd+2].[c-]1c(Oc2[c-]c3c(cc2)c2cccnc2n2c(-c4ccccc4)c(-c4ccccc4)nc32)cccc1-n1c2ccccc2c2cccnc21. The van der Waals surface area contributed by atoms with Crippen molar-refractivity contribution in [1.82, 2.24) is 23.9 Å². The molecule has 0 spiro atoms. The molecule has 5 aromatic heterocycles. The Kier molecular flexibility index (Phi) is 7.24. The van der Waals surface area contributed by atoms with Gasteiger partial charge in [0.25, 0.3) is 0 Å². The Hall–Kier alpha value is -6.13. The smallest absolute Gasteiger partial charge is 0.503 e. The van der Waals surface area contributed by atoms with E-state index in [1.807, 2.05) is 79.1 Å². The molecule has 0 saturated heterocycles. The minimum Gasteiger partial charge on any atom is -0.503 e. The molecule has 0 unspecified atom stereocenters. The Balaban J connectivity index is 0.00000336. The van der Waals surface area contributed by atoms with Crippen molar-refractivity contribution >= 4 is 49.4 Å². The van der Waals surface area contributed by atoms with E-state index in [9.17, 15) is 0 Å². The normalized spacial score (nSPS) is 11.4. The summed E-state index contributed by atoms with van der Waals surface area (Å²) >= 11 is 0. The van der Waals surface area contributed by atoms with Crippen molar-refractivity contribution < 1.29 is 25.2 Å². The number of aromatic nitrogens is 5. The molecule has 10 aromatic rings. The van der Waals surface area contributed by atoms with Crippen molar-refractivity contribution in [3.63, 3.8) is 0 Å². The monoisotopic (exact) mass is 733 g/mol. The number of nitrogens with zero attached hydrogens (tertiary/aromatic N) is 5. The number of para-hydroxylation sites is 1. The summed E-state index contributed by atoms with van der Waals surface area (Å²) in [7, 11) is 0. The number of imidazole rings is 1. The summed E-state index contributed by atoms with van der Waals surface area (Å²) < 4.78 is 10.8. The van der Waals surface area contributed by atoms with Gasteiger partial charge < -0.3 is 13.7 Å². The van der Waals surface area contributed by atoms with E-state index in [4.69, 9.17) is 19.7 Å². The summed E-state index contributed by atoms with van der Waals surface area (Å²) in [5, 5.41) is 5.09. The molecule has 50 heavy (non-hydrogen) atoms. The van der Waals surface area contributed by atoms with Crippen LogP contribution in [0, 0.1) is 12.1 Å². The van der Waals surface area contributed by atoms with E-state index in [0.29, 0.717) is 11.5 Å². The molecule has 6 nitrogen and oxygen atoms in total. The fraction of sp³-hybridized carbons (Fsp3) is 0. The maximum atomic E-state index is 6.52. The van der Waals surface area contributed by atoms with Crippen molar-refractivity contribution in [3.8, 4) is 39.7 Å². The quantitative estimate of drug-likeness (QED) is 0.100. The molecule has 5 heterocycles. The van der Waals surface area contributed by atoms with Gasteiger partial charge in [-0.2, -0.15) is 6.07 Å². The fourth-order valence-corrected chi connectivity index (χ4v) is 6.96. The third-order valence-corrected chi connectivity index (χ3v) is 9.05. The molecule has 0 amide bonds. The van der Waals surface area contributed by atoms with E-state index in [1.54, 1.807) is 0 Å². The van der Waals surface area contributed by atoms with Gasteiger partial charge in [-0.05, 0) is 29.7 Å². The van der Waals surface area contributed by atoms with Gasteiger partial charge in [-0.3, -0.25) is 4.98 Å². The van der Waals surface area contributed by atoms with Gasteiger partial charge in [0, 0.05) is 45.8 Å². The van der Waals surface area contributed by atoms with Crippen molar-refractivity contribution in [2.24, 2.45) is 0 Å². The molecule has 0 N–H and O–H groups in total. The molecule has 0 saturated carbocycles. The van der Waals surface area contributed by atoms with Crippen LogP contribution in [0.3, 0.4) is 0 Å². The number of fused-ring (bicyclic) bond motifs is 9. The maximum absolute atomic E-state index is 6.52. The van der Waals surface area contributed by atoms with E-state index in [-0.39, 0.29) is 20.4 Å². The number of pyridine rings is 3. The molecular weight excluding hydrogens is 709 g/mol. The average molecular weight is 734 g/mol. The molecular formula is C43H25N5OPd. The Morgan fingerprint density at radius 1 is 0.500 bits per heavy atom. The number of hydrogen-bond donors (Lipinski definition) is 0. The second-order valence-electron chi connectivity index (χ2n) is 11.9. The zero-order valence-corrected chi connectivity index (χ0v) is 27.9. The molecule has 0 radical (unpaired) electrons. The van der Waals surface area contributed by atoms with Crippen LogP contribution in [0.1, 0.15) is 0 Å². The van der Waals surface area contributed by atoms with Crippen molar-refractivity contribution in [3.05, 3.63) is 164 Å². The summed E-state index contributed by atoms with van der Waals surface area (Å²) in [5.41, 5.74) is 8.32. The van der Waals surface area contributed by atoms with Gasteiger partial charge in [0.2, 0.25) is 0 Å². The summed E-state index contributed by atoms with van der Waals surface area (Å²) in [6.07, 6.45) is 3.66. The van der Waals surface area contributed by atoms with Crippen LogP contribution in [0.2, 0.25) is 0 Å². The second-order valence-corrected chi connectivity index (χ2v) is 11.9. The van der Waals surface area contributed by atoms with Gasteiger partial charge in [0.1, 0.15) is 11.3 Å². The zero-order chi connectivity index (χ0) is 32.3. The standard InChI is InChI=1S/C43H25N5O.Pd/c1-3-12-28(13-4-1)39-40(29-14-5-2-6-15-29)48-42-35(19-10-25-45-42)33-23-22-32(27-37(33)43(48)46-39)49-31-17-9-16-30(26-31)47-38-21-8-7-18-34(38)36-20-11-24-44-41(36)47;/h1-25H;/q-2;+2. The van der Waals surface area contributed by atoms with Crippen LogP contribution < -0.4 is 4.74 Å². The van der Waals surface area contributed by atoms with Crippen LogP contribution >= 0.6 is 0 Å². The van der Waals surface area contributed by atoms with Gasteiger partial charge in [-0.15, -0.1) is 30.3 Å². The number of benzene rings is 5. The third kappa shape index (κ3) is 4.71.